The number of H-pyrrole nitrogens is 1. The van der Waals surface area contributed by atoms with Crippen molar-refractivity contribution in [2.45, 2.75) is 20.8 Å². The number of aromatic nitrogens is 1. The van der Waals surface area contributed by atoms with E-state index in [4.69, 9.17) is 0 Å². The molecule has 4 heteroatoms. The van der Waals surface area contributed by atoms with Gasteiger partial charge < -0.3 is 10.1 Å². The van der Waals surface area contributed by atoms with E-state index in [1.807, 2.05) is 20.8 Å². The lowest BCUT2D eigenvalue weighted by molar-refractivity contribution is 0.468. The van der Waals surface area contributed by atoms with Crippen LogP contribution in [-0.2, 0) is 0 Å². The summed E-state index contributed by atoms with van der Waals surface area (Å²) in [6.07, 6.45) is 0. The lowest BCUT2D eigenvalue weighted by Crippen LogP contribution is -2.02. The standard InChI is InChI=1S/C13H13NO3/c1-6-4-9-10(15)5-11(16)13(17)14-12(9)8(3)7(6)2/h4-5,16H,1-3H3,(H,14,17). The molecule has 0 aliphatic carbocycles. The van der Waals surface area contributed by atoms with E-state index < -0.39 is 11.3 Å². The number of aromatic hydroxyl groups is 1. The number of hydrogen-bond donors (Lipinski definition) is 2. The molecular weight excluding hydrogens is 218 g/mol. The van der Waals surface area contributed by atoms with Gasteiger partial charge in [-0.15, -0.1) is 0 Å². The maximum Gasteiger partial charge on any atom is 0.290 e. The molecule has 0 unspecified atom stereocenters. The lowest BCUT2D eigenvalue weighted by Gasteiger charge is -2.06. The van der Waals surface area contributed by atoms with Crippen molar-refractivity contribution in [1.82, 2.24) is 4.98 Å². The van der Waals surface area contributed by atoms with Crippen LogP contribution in [-0.4, -0.2) is 10.1 Å². The van der Waals surface area contributed by atoms with Gasteiger partial charge in [-0.25, -0.2) is 0 Å². The van der Waals surface area contributed by atoms with Crippen molar-refractivity contribution in [2.24, 2.45) is 0 Å². The highest BCUT2D eigenvalue weighted by Crippen LogP contribution is 2.20. The Bertz CT molecular complexity index is 729. The Morgan fingerprint density at radius 2 is 1.71 bits per heavy atom. The molecule has 0 aliphatic rings. The fourth-order valence-electron chi connectivity index (χ4n) is 1.88. The lowest BCUT2D eigenvalue weighted by atomic mass is 10.0. The van der Waals surface area contributed by atoms with Crippen molar-refractivity contribution in [2.75, 3.05) is 0 Å². The molecule has 2 rings (SSSR count). The van der Waals surface area contributed by atoms with Gasteiger partial charge in [0, 0.05) is 11.5 Å². The number of aryl methyl sites for hydroxylation is 2. The van der Waals surface area contributed by atoms with Gasteiger partial charge in [-0.05, 0) is 43.5 Å². The molecule has 1 aromatic carbocycles. The molecule has 0 atom stereocenters. The van der Waals surface area contributed by atoms with Crippen LogP contribution in [0.15, 0.2) is 21.7 Å². The molecule has 2 aromatic rings. The molecule has 1 aromatic heterocycles. The van der Waals surface area contributed by atoms with E-state index in [0.29, 0.717) is 10.9 Å². The summed E-state index contributed by atoms with van der Waals surface area (Å²) in [4.78, 5) is 25.9. The molecule has 0 saturated heterocycles. The van der Waals surface area contributed by atoms with Crippen LogP contribution in [0.25, 0.3) is 10.9 Å². The van der Waals surface area contributed by atoms with Gasteiger partial charge in [0.15, 0.2) is 11.2 Å². The Balaban J connectivity index is 3.19. The van der Waals surface area contributed by atoms with Crippen LogP contribution in [0.2, 0.25) is 0 Å². The molecule has 0 fully saturated rings. The van der Waals surface area contributed by atoms with Gasteiger partial charge in [-0.2, -0.15) is 0 Å². The first-order valence-electron chi connectivity index (χ1n) is 5.29. The fraction of sp³-hybridized carbons (Fsp3) is 0.231. The number of fused-ring (bicyclic) bond motifs is 1. The van der Waals surface area contributed by atoms with Gasteiger partial charge >= 0.3 is 0 Å². The van der Waals surface area contributed by atoms with E-state index in [0.717, 1.165) is 22.8 Å². The second-order valence-electron chi connectivity index (χ2n) is 4.21. The Hall–Kier alpha value is -2.10. The maximum atomic E-state index is 11.8. The number of rotatable bonds is 0. The van der Waals surface area contributed by atoms with E-state index in [9.17, 15) is 14.7 Å². The smallest absolute Gasteiger partial charge is 0.290 e. The second kappa shape index (κ2) is 3.73. The summed E-state index contributed by atoms with van der Waals surface area (Å²) in [7, 11) is 0. The molecule has 0 radical (unpaired) electrons. The predicted molar refractivity (Wildman–Crippen MR) is 66.7 cm³/mol. The van der Waals surface area contributed by atoms with Crippen LogP contribution >= 0.6 is 0 Å². The average molecular weight is 231 g/mol. The Morgan fingerprint density at radius 3 is 2.35 bits per heavy atom. The molecule has 4 nitrogen and oxygen atoms in total. The van der Waals surface area contributed by atoms with E-state index in [1.54, 1.807) is 6.07 Å². The minimum Gasteiger partial charge on any atom is -0.503 e. The number of benzene rings is 1. The summed E-state index contributed by atoms with van der Waals surface area (Å²) in [5.74, 6) is -0.555. The summed E-state index contributed by atoms with van der Waals surface area (Å²) < 4.78 is 0. The molecule has 17 heavy (non-hydrogen) atoms. The molecule has 1 heterocycles. The van der Waals surface area contributed by atoms with Crippen molar-refractivity contribution < 1.29 is 5.11 Å². The number of aromatic amines is 1. The third-order valence-corrected chi connectivity index (χ3v) is 3.16. The van der Waals surface area contributed by atoms with Crippen LogP contribution in [0.4, 0.5) is 0 Å². The highest BCUT2D eigenvalue weighted by molar-refractivity contribution is 5.83. The number of nitrogens with one attached hydrogen (secondary N) is 1. The molecule has 0 bridgehead atoms. The molecule has 0 saturated carbocycles. The fourth-order valence-corrected chi connectivity index (χ4v) is 1.88. The summed E-state index contributed by atoms with van der Waals surface area (Å²) in [5.41, 5.74) is 2.34. The minimum absolute atomic E-state index is 0.359. The van der Waals surface area contributed by atoms with Crippen LogP contribution in [0, 0.1) is 20.8 Å². The van der Waals surface area contributed by atoms with Gasteiger partial charge in [0.2, 0.25) is 0 Å². The summed E-state index contributed by atoms with van der Waals surface area (Å²) >= 11 is 0. The van der Waals surface area contributed by atoms with Crippen molar-refractivity contribution in [3.8, 4) is 5.75 Å². The van der Waals surface area contributed by atoms with Crippen LogP contribution in [0.5, 0.6) is 5.75 Å². The zero-order chi connectivity index (χ0) is 12.7. The molecule has 0 amide bonds. The van der Waals surface area contributed by atoms with Crippen LogP contribution < -0.4 is 11.0 Å². The van der Waals surface area contributed by atoms with Gasteiger partial charge in [0.05, 0.1) is 5.52 Å². The topological polar surface area (TPSA) is 70.2 Å². The van der Waals surface area contributed by atoms with E-state index in [-0.39, 0.29) is 5.43 Å². The largest absolute Gasteiger partial charge is 0.503 e. The third kappa shape index (κ3) is 1.71. The van der Waals surface area contributed by atoms with Crippen molar-refractivity contribution >= 4 is 10.9 Å². The van der Waals surface area contributed by atoms with E-state index in [2.05, 4.69) is 4.98 Å². The Labute approximate surface area is 97.6 Å². The Morgan fingerprint density at radius 1 is 1.06 bits per heavy atom. The highest BCUT2D eigenvalue weighted by Gasteiger charge is 2.08. The number of hydrogen-bond acceptors (Lipinski definition) is 3. The SMILES string of the molecule is Cc1cc2c(=O)cc(O)c(=O)[nH]c2c(C)c1C. The van der Waals surface area contributed by atoms with Gasteiger partial charge in [0.1, 0.15) is 0 Å². The van der Waals surface area contributed by atoms with Gasteiger partial charge in [0.25, 0.3) is 5.56 Å². The summed E-state index contributed by atoms with van der Waals surface area (Å²) in [5, 5.41) is 9.78. The quantitative estimate of drug-likeness (QED) is 0.722. The molecular formula is C13H13NO3. The van der Waals surface area contributed by atoms with Crippen LogP contribution in [0.3, 0.4) is 0 Å². The van der Waals surface area contributed by atoms with Crippen molar-refractivity contribution in [1.29, 1.82) is 0 Å². The minimum atomic E-state index is -0.650. The van der Waals surface area contributed by atoms with Crippen molar-refractivity contribution in [3.63, 3.8) is 0 Å². The summed E-state index contributed by atoms with van der Waals surface area (Å²) in [6.45, 7) is 5.68. The zero-order valence-electron chi connectivity index (χ0n) is 9.92. The normalized spacial score (nSPS) is 10.8. The molecule has 88 valence electrons. The molecule has 0 aliphatic heterocycles. The maximum absolute atomic E-state index is 11.8. The van der Waals surface area contributed by atoms with E-state index >= 15 is 0 Å². The first-order chi connectivity index (χ1) is 7.91. The van der Waals surface area contributed by atoms with Gasteiger partial charge in [-0.3, -0.25) is 9.59 Å². The van der Waals surface area contributed by atoms with Crippen LogP contribution in [0.1, 0.15) is 16.7 Å². The predicted octanol–water partition coefficient (Wildman–Crippen LogP) is 1.52. The monoisotopic (exact) mass is 231 g/mol. The average Bonchev–Trinajstić information content (AvgIpc) is 2.37. The Kier molecular flexibility index (Phi) is 2.50. The van der Waals surface area contributed by atoms with E-state index in [1.165, 1.54) is 0 Å². The van der Waals surface area contributed by atoms with Crippen molar-refractivity contribution in [3.05, 3.63) is 49.4 Å². The molecule has 2 N–H and O–H groups in total. The third-order valence-electron chi connectivity index (χ3n) is 3.16. The van der Waals surface area contributed by atoms with Gasteiger partial charge in [-0.1, -0.05) is 0 Å². The first-order valence-corrected chi connectivity index (χ1v) is 5.29. The summed E-state index contributed by atoms with van der Waals surface area (Å²) in [6, 6.07) is 2.69. The molecule has 0 spiro atoms. The highest BCUT2D eigenvalue weighted by atomic mass is 16.3. The second-order valence-corrected chi connectivity index (χ2v) is 4.21. The first kappa shape index (κ1) is 11.4. The zero-order valence-corrected chi connectivity index (χ0v) is 9.92.